The molecule has 0 fully saturated rings. The van der Waals surface area contributed by atoms with Gasteiger partial charge in [0.25, 0.3) is 0 Å². The van der Waals surface area contributed by atoms with Crippen molar-refractivity contribution in [2.75, 3.05) is 13.7 Å². The first-order chi connectivity index (χ1) is 11.4. The summed E-state index contributed by atoms with van der Waals surface area (Å²) in [6.07, 6.45) is -4.03. The van der Waals surface area contributed by atoms with Crippen LogP contribution in [0.4, 0.5) is 13.2 Å². The normalized spacial score (nSPS) is 16.9. The number of alkyl halides is 3. The Morgan fingerprint density at radius 3 is 2.62 bits per heavy atom. The quantitative estimate of drug-likeness (QED) is 0.762. The zero-order chi connectivity index (χ0) is 17.3. The molecule has 1 aliphatic rings. The minimum absolute atomic E-state index is 0.191. The monoisotopic (exact) mass is 336 g/mol. The summed E-state index contributed by atoms with van der Waals surface area (Å²) in [5.41, 5.74) is 0.389. The summed E-state index contributed by atoms with van der Waals surface area (Å²) in [6, 6.07) is 10.2. The summed E-state index contributed by atoms with van der Waals surface area (Å²) < 4.78 is 50.2. The number of ether oxygens (including phenoxy) is 2. The van der Waals surface area contributed by atoms with Gasteiger partial charge in [0.2, 0.25) is 0 Å². The van der Waals surface area contributed by atoms with Crippen molar-refractivity contribution in [1.29, 1.82) is 0 Å². The van der Waals surface area contributed by atoms with Gasteiger partial charge in [0.15, 0.2) is 0 Å². The Balaban J connectivity index is 2.12. The van der Waals surface area contributed by atoms with E-state index in [4.69, 9.17) is 4.74 Å². The van der Waals surface area contributed by atoms with E-state index in [1.165, 1.54) is 19.2 Å². The number of hydrogen-bond donors (Lipinski definition) is 0. The van der Waals surface area contributed by atoms with Gasteiger partial charge in [0, 0.05) is 11.5 Å². The van der Waals surface area contributed by atoms with Crippen LogP contribution in [0.1, 0.15) is 39.4 Å². The lowest BCUT2D eigenvalue weighted by Crippen LogP contribution is -2.19. The Hall–Kier alpha value is -2.50. The number of fused-ring (bicyclic) bond motifs is 1. The molecule has 24 heavy (non-hydrogen) atoms. The number of rotatable bonds is 2. The topological polar surface area (TPSA) is 35.5 Å². The van der Waals surface area contributed by atoms with Crippen LogP contribution in [0.15, 0.2) is 42.5 Å². The molecule has 1 unspecified atom stereocenters. The van der Waals surface area contributed by atoms with Crippen LogP contribution in [0, 0.1) is 0 Å². The zero-order valence-corrected chi connectivity index (χ0v) is 12.9. The molecule has 1 heterocycles. The minimum atomic E-state index is -4.44. The summed E-state index contributed by atoms with van der Waals surface area (Å²) in [6.45, 7) is 0.321. The molecule has 0 saturated heterocycles. The van der Waals surface area contributed by atoms with E-state index in [1.54, 1.807) is 24.3 Å². The molecule has 0 saturated carbocycles. The fourth-order valence-electron chi connectivity index (χ4n) is 3.02. The smallest absolute Gasteiger partial charge is 0.416 e. The van der Waals surface area contributed by atoms with Crippen molar-refractivity contribution in [1.82, 2.24) is 0 Å². The van der Waals surface area contributed by atoms with Gasteiger partial charge in [-0.25, -0.2) is 4.79 Å². The van der Waals surface area contributed by atoms with Gasteiger partial charge in [-0.15, -0.1) is 0 Å². The zero-order valence-electron chi connectivity index (χ0n) is 12.9. The fourth-order valence-corrected chi connectivity index (χ4v) is 3.02. The molecule has 126 valence electrons. The second-order valence-electron chi connectivity index (χ2n) is 5.52. The van der Waals surface area contributed by atoms with Gasteiger partial charge >= 0.3 is 12.1 Å². The standard InChI is InChI=1S/C18H15F3O3/c1-23-17(22)11-6-7-16-14(10-11)12(8-9-24-16)13-4-2-3-5-15(13)18(19,20)21/h2-7,10,12H,8-9H2,1H3. The van der Waals surface area contributed by atoms with Crippen LogP contribution in [0.3, 0.4) is 0 Å². The van der Waals surface area contributed by atoms with Crippen molar-refractivity contribution in [3.63, 3.8) is 0 Å². The highest BCUT2D eigenvalue weighted by molar-refractivity contribution is 5.89. The highest BCUT2D eigenvalue weighted by Crippen LogP contribution is 2.43. The molecule has 0 spiro atoms. The Kier molecular flexibility index (Phi) is 4.22. The van der Waals surface area contributed by atoms with Crippen molar-refractivity contribution in [3.05, 3.63) is 64.7 Å². The highest BCUT2D eigenvalue weighted by Gasteiger charge is 2.36. The summed E-state index contributed by atoms with van der Waals surface area (Å²) in [5, 5.41) is 0. The van der Waals surface area contributed by atoms with Crippen LogP contribution in [0.25, 0.3) is 0 Å². The summed E-state index contributed by atoms with van der Waals surface area (Å²) >= 11 is 0. The highest BCUT2D eigenvalue weighted by atomic mass is 19.4. The van der Waals surface area contributed by atoms with Crippen LogP contribution >= 0.6 is 0 Å². The summed E-state index contributed by atoms with van der Waals surface area (Å²) in [7, 11) is 1.26. The van der Waals surface area contributed by atoms with Crippen LogP contribution in [0.2, 0.25) is 0 Å². The van der Waals surface area contributed by atoms with Crippen molar-refractivity contribution in [3.8, 4) is 5.75 Å². The first-order valence-corrected chi connectivity index (χ1v) is 7.43. The van der Waals surface area contributed by atoms with Crippen molar-refractivity contribution >= 4 is 5.97 Å². The lowest BCUT2D eigenvalue weighted by molar-refractivity contribution is -0.138. The fraction of sp³-hybridized carbons (Fsp3) is 0.278. The third kappa shape index (κ3) is 2.96. The molecule has 6 heteroatoms. The van der Waals surface area contributed by atoms with Crippen molar-refractivity contribution < 1.29 is 27.4 Å². The largest absolute Gasteiger partial charge is 0.493 e. The Labute approximate surface area is 137 Å². The van der Waals surface area contributed by atoms with Crippen molar-refractivity contribution in [2.45, 2.75) is 18.5 Å². The van der Waals surface area contributed by atoms with E-state index >= 15 is 0 Å². The van der Waals surface area contributed by atoms with Crippen LogP contribution in [-0.2, 0) is 10.9 Å². The SMILES string of the molecule is COC(=O)c1ccc2c(c1)C(c1ccccc1C(F)(F)F)CCO2. The molecule has 0 bridgehead atoms. The maximum absolute atomic E-state index is 13.3. The molecule has 0 radical (unpaired) electrons. The van der Waals surface area contributed by atoms with E-state index in [-0.39, 0.29) is 11.1 Å². The van der Waals surface area contributed by atoms with Gasteiger partial charge in [0.05, 0.1) is 24.8 Å². The predicted molar refractivity (Wildman–Crippen MR) is 81.2 cm³/mol. The Morgan fingerprint density at radius 1 is 1.17 bits per heavy atom. The van der Waals surface area contributed by atoms with Gasteiger partial charge in [-0.05, 0) is 36.2 Å². The van der Waals surface area contributed by atoms with Crippen LogP contribution < -0.4 is 4.74 Å². The molecule has 0 aliphatic carbocycles. The Bertz CT molecular complexity index is 768. The van der Waals surface area contributed by atoms with E-state index in [0.29, 0.717) is 24.3 Å². The molecule has 1 atom stereocenters. The van der Waals surface area contributed by atoms with E-state index < -0.39 is 23.6 Å². The lowest BCUT2D eigenvalue weighted by atomic mass is 9.83. The summed E-state index contributed by atoms with van der Waals surface area (Å²) in [4.78, 5) is 11.7. The number of benzene rings is 2. The van der Waals surface area contributed by atoms with E-state index in [1.807, 2.05) is 0 Å². The molecule has 0 amide bonds. The third-order valence-corrected chi connectivity index (χ3v) is 4.11. The van der Waals surface area contributed by atoms with Gasteiger partial charge in [-0.3, -0.25) is 0 Å². The van der Waals surface area contributed by atoms with Crippen molar-refractivity contribution in [2.24, 2.45) is 0 Å². The molecule has 2 aromatic rings. The van der Waals surface area contributed by atoms with E-state index in [0.717, 1.165) is 6.07 Å². The third-order valence-electron chi connectivity index (χ3n) is 4.11. The van der Waals surface area contributed by atoms with Gasteiger partial charge in [0.1, 0.15) is 5.75 Å². The maximum atomic E-state index is 13.3. The second kappa shape index (κ2) is 6.19. The van der Waals surface area contributed by atoms with E-state index in [9.17, 15) is 18.0 Å². The molecular weight excluding hydrogens is 321 g/mol. The molecule has 3 nitrogen and oxygen atoms in total. The molecule has 0 N–H and O–H groups in total. The van der Waals surface area contributed by atoms with Crippen LogP contribution in [0.5, 0.6) is 5.75 Å². The minimum Gasteiger partial charge on any atom is -0.493 e. The number of carbonyl (C=O) groups excluding carboxylic acids is 1. The molecular formula is C18H15F3O3. The number of methoxy groups -OCH3 is 1. The molecule has 2 aromatic carbocycles. The predicted octanol–water partition coefficient (Wildman–Crippen LogP) is 4.41. The number of carbonyl (C=O) groups is 1. The Morgan fingerprint density at radius 2 is 1.92 bits per heavy atom. The van der Waals surface area contributed by atoms with Crippen LogP contribution in [-0.4, -0.2) is 19.7 Å². The number of esters is 1. The maximum Gasteiger partial charge on any atom is 0.416 e. The number of halogens is 3. The summed E-state index contributed by atoms with van der Waals surface area (Å²) in [5.74, 6) is -0.529. The second-order valence-corrected chi connectivity index (χ2v) is 5.52. The van der Waals surface area contributed by atoms with Gasteiger partial charge < -0.3 is 9.47 Å². The molecule has 1 aliphatic heterocycles. The lowest BCUT2D eigenvalue weighted by Gasteiger charge is -2.28. The number of hydrogen-bond acceptors (Lipinski definition) is 3. The van der Waals surface area contributed by atoms with E-state index in [2.05, 4.69) is 4.74 Å². The average molecular weight is 336 g/mol. The van der Waals surface area contributed by atoms with Gasteiger partial charge in [-0.2, -0.15) is 13.2 Å². The first kappa shape index (κ1) is 16.4. The first-order valence-electron chi connectivity index (χ1n) is 7.43. The molecule has 3 rings (SSSR count). The average Bonchev–Trinajstić information content (AvgIpc) is 2.59. The van der Waals surface area contributed by atoms with Gasteiger partial charge in [-0.1, -0.05) is 18.2 Å². The molecule has 0 aromatic heterocycles.